The molecule has 0 aliphatic rings. The minimum atomic E-state index is -3.84. The van der Waals surface area contributed by atoms with Crippen LogP contribution in [0.4, 0.5) is 5.95 Å². The van der Waals surface area contributed by atoms with Gasteiger partial charge >= 0.3 is 0 Å². The topological polar surface area (TPSA) is 118 Å². The third kappa shape index (κ3) is 6.36. The van der Waals surface area contributed by atoms with Crippen LogP contribution in [0.25, 0.3) is 0 Å². The zero-order valence-electron chi connectivity index (χ0n) is 12.2. The molecule has 8 nitrogen and oxygen atoms in total. The molecule has 21 heavy (non-hydrogen) atoms. The summed E-state index contributed by atoms with van der Waals surface area (Å²) in [6.07, 6.45) is 4.31. The molecule has 2 N–H and O–H groups in total. The van der Waals surface area contributed by atoms with Crippen molar-refractivity contribution >= 4 is 25.8 Å². The minimum Gasteiger partial charge on any atom is -0.354 e. The fraction of sp³-hybridized carbons (Fsp3) is 0.636. The molecule has 1 aromatic heterocycles. The summed E-state index contributed by atoms with van der Waals surface area (Å²) in [7, 11) is -7.10. The summed E-state index contributed by atoms with van der Waals surface area (Å²) in [4.78, 5) is 7.70. The lowest BCUT2D eigenvalue weighted by atomic mass is 10.4. The van der Waals surface area contributed by atoms with Crippen molar-refractivity contribution < 1.29 is 16.8 Å². The van der Waals surface area contributed by atoms with Crippen LogP contribution in [0, 0.1) is 0 Å². The third-order valence-corrected chi connectivity index (χ3v) is 5.03. The summed E-state index contributed by atoms with van der Waals surface area (Å²) in [6.45, 7) is 4.16. The molecule has 1 aromatic rings. The van der Waals surface area contributed by atoms with Crippen molar-refractivity contribution in [1.29, 1.82) is 0 Å². The summed E-state index contributed by atoms with van der Waals surface area (Å²) in [6, 6.07) is -0.733. The number of sulfonamides is 1. The van der Waals surface area contributed by atoms with Crippen LogP contribution >= 0.6 is 0 Å². The van der Waals surface area contributed by atoms with Gasteiger partial charge in [-0.1, -0.05) is 6.92 Å². The van der Waals surface area contributed by atoms with Gasteiger partial charge in [0.2, 0.25) is 16.0 Å². The minimum absolute atomic E-state index is 0.107. The molecule has 1 heterocycles. The highest BCUT2D eigenvalue weighted by molar-refractivity contribution is 7.91. The van der Waals surface area contributed by atoms with Gasteiger partial charge in [0.1, 0.15) is 14.7 Å². The molecular weight excluding hydrogens is 316 g/mol. The van der Waals surface area contributed by atoms with Gasteiger partial charge in [0.25, 0.3) is 0 Å². The van der Waals surface area contributed by atoms with Crippen molar-refractivity contribution in [3.63, 3.8) is 0 Å². The van der Waals surface area contributed by atoms with Crippen LogP contribution in [0.3, 0.4) is 0 Å². The lowest BCUT2D eigenvalue weighted by Crippen LogP contribution is -2.37. The molecular formula is C11H20N4O4S2. The maximum absolute atomic E-state index is 12.0. The normalized spacial score (nSPS) is 13.9. The maximum atomic E-state index is 12.0. The Balaban J connectivity index is 2.78. The highest BCUT2D eigenvalue weighted by Gasteiger charge is 2.20. The predicted octanol–water partition coefficient (Wildman–Crippen LogP) is 0.00990. The Bertz CT molecular complexity index is 656. The highest BCUT2D eigenvalue weighted by atomic mass is 32.2. The van der Waals surface area contributed by atoms with Crippen LogP contribution in [-0.2, 0) is 19.9 Å². The number of anilines is 1. The molecule has 0 aromatic carbocycles. The van der Waals surface area contributed by atoms with Crippen molar-refractivity contribution in [3.8, 4) is 0 Å². The zero-order chi connectivity index (χ0) is 16.1. The quantitative estimate of drug-likeness (QED) is 0.686. The number of rotatable bonds is 8. The average Bonchev–Trinajstić information content (AvgIpc) is 2.33. The Morgan fingerprint density at radius 3 is 2.24 bits per heavy atom. The fourth-order valence-electron chi connectivity index (χ4n) is 1.60. The molecule has 0 saturated carbocycles. The summed E-state index contributed by atoms with van der Waals surface area (Å²) in [5, 5.41) is 2.93. The highest BCUT2D eigenvalue weighted by Crippen LogP contribution is 2.08. The van der Waals surface area contributed by atoms with E-state index in [0.717, 1.165) is 12.7 Å². The SMILES string of the molecule is CCCNc1ncc(S(=O)(=O)NC(C)CS(C)(=O)=O)cn1. The van der Waals surface area contributed by atoms with Gasteiger partial charge in [0, 0.05) is 18.8 Å². The summed E-state index contributed by atoms with van der Waals surface area (Å²) >= 11 is 0. The van der Waals surface area contributed by atoms with Gasteiger partial charge in [-0.2, -0.15) is 0 Å². The first kappa shape index (κ1) is 17.8. The largest absolute Gasteiger partial charge is 0.354 e. The van der Waals surface area contributed by atoms with E-state index in [0.29, 0.717) is 12.5 Å². The van der Waals surface area contributed by atoms with Crippen LogP contribution in [0.1, 0.15) is 20.3 Å². The molecule has 0 aliphatic carbocycles. The van der Waals surface area contributed by atoms with Crippen molar-refractivity contribution in [3.05, 3.63) is 12.4 Å². The van der Waals surface area contributed by atoms with Crippen molar-refractivity contribution in [2.45, 2.75) is 31.2 Å². The number of aromatic nitrogens is 2. The van der Waals surface area contributed by atoms with Crippen molar-refractivity contribution in [2.75, 3.05) is 23.9 Å². The predicted molar refractivity (Wildman–Crippen MR) is 80.3 cm³/mol. The van der Waals surface area contributed by atoms with Gasteiger partial charge in [0.15, 0.2) is 0 Å². The second-order valence-electron chi connectivity index (χ2n) is 4.78. The average molecular weight is 336 g/mol. The van der Waals surface area contributed by atoms with Crippen LogP contribution in [0.2, 0.25) is 0 Å². The monoisotopic (exact) mass is 336 g/mol. The number of hydrogen-bond acceptors (Lipinski definition) is 7. The Labute approximate surface area is 125 Å². The van der Waals surface area contributed by atoms with Gasteiger partial charge in [-0.05, 0) is 13.3 Å². The molecule has 1 atom stereocenters. The van der Waals surface area contributed by atoms with E-state index >= 15 is 0 Å². The molecule has 0 radical (unpaired) electrons. The van der Waals surface area contributed by atoms with Crippen LogP contribution in [0.15, 0.2) is 17.3 Å². The first-order chi connectivity index (χ1) is 9.64. The number of sulfone groups is 1. The Morgan fingerprint density at radius 1 is 1.19 bits per heavy atom. The van der Waals surface area contributed by atoms with Crippen LogP contribution in [0.5, 0.6) is 0 Å². The van der Waals surface area contributed by atoms with Crippen LogP contribution in [-0.4, -0.2) is 51.4 Å². The van der Waals surface area contributed by atoms with E-state index in [-0.39, 0.29) is 10.6 Å². The van der Waals surface area contributed by atoms with E-state index < -0.39 is 25.9 Å². The first-order valence-electron chi connectivity index (χ1n) is 6.40. The molecule has 1 rings (SSSR count). The molecule has 0 amide bonds. The van der Waals surface area contributed by atoms with Gasteiger partial charge < -0.3 is 5.32 Å². The first-order valence-corrected chi connectivity index (χ1v) is 9.94. The second-order valence-corrected chi connectivity index (χ2v) is 8.68. The molecule has 120 valence electrons. The lowest BCUT2D eigenvalue weighted by Gasteiger charge is -2.13. The summed E-state index contributed by atoms with van der Waals surface area (Å²) < 4.78 is 48.7. The fourth-order valence-corrected chi connectivity index (χ4v) is 3.83. The van der Waals surface area contributed by atoms with Gasteiger partial charge in [-0.3, -0.25) is 0 Å². The van der Waals surface area contributed by atoms with Gasteiger partial charge in [0.05, 0.1) is 18.1 Å². The van der Waals surface area contributed by atoms with Gasteiger partial charge in [-0.15, -0.1) is 0 Å². The molecule has 1 unspecified atom stereocenters. The van der Waals surface area contributed by atoms with Crippen molar-refractivity contribution in [2.24, 2.45) is 0 Å². The zero-order valence-corrected chi connectivity index (χ0v) is 13.8. The standard InChI is InChI=1S/C11H20N4O4S2/c1-4-5-12-11-13-6-10(7-14-11)21(18,19)15-9(2)8-20(3,16)17/h6-7,9,15H,4-5,8H2,1-3H3,(H,12,13,14). The Hall–Kier alpha value is -1.26. The Kier molecular flexibility index (Phi) is 6.05. The van der Waals surface area contributed by atoms with Gasteiger partial charge in [-0.25, -0.2) is 31.5 Å². The summed E-state index contributed by atoms with van der Waals surface area (Å²) in [5.74, 6) is 0.0726. The van der Waals surface area contributed by atoms with E-state index in [1.807, 2.05) is 6.92 Å². The van der Waals surface area contributed by atoms with E-state index in [9.17, 15) is 16.8 Å². The smallest absolute Gasteiger partial charge is 0.243 e. The molecule has 0 bridgehead atoms. The number of nitrogens with one attached hydrogen (secondary N) is 2. The molecule has 0 aliphatic heterocycles. The summed E-state index contributed by atoms with van der Waals surface area (Å²) in [5.41, 5.74) is 0. The lowest BCUT2D eigenvalue weighted by molar-refractivity contribution is 0.564. The Morgan fingerprint density at radius 2 is 1.76 bits per heavy atom. The molecule has 0 saturated heterocycles. The van der Waals surface area contributed by atoms with Crippen molar-refractivity contribution in [1.82, 2.24) is 14.7 Å². The number of nitrogens with zero attached hydrogens (tertiary/aromatic N) is 2. The van der Waals surface area contributed by atoms with E-state index in [1.54, 1.807) is 0 Å². The molecule has 0 spiro atoms. The molecule has 0 fully saturated rings. The van der Waals surface area contributed by atoms with E-state index in [2.05, 4.69) is 20.0 Å². The van der Waals surface area contributed by atoms with E-state index in [1.165, 1.54) is 19.3 Å². The van der Waals surface area contributed by atoms with E-state index in [4.69, 9.17) is 0 Å². The third-order valence-electron chi connectivity index (χ3n) is 2.38. The number of hydrogen-bond donors (Lipinski definition) is 2. The maximum Gasteiger partial charge on any atom is 0.243 e. The molecule has 10 heteroatoms. The second kappa shape index (κ2) is 7.14. The van der Waals surface area contributed by atoms with Crippen LogP contribution < -0.4 is 10.0 Å².